The third kappa shape index (κ3) is 4.77. The Balaban J connectivity index is 2.71. The van der Waals surface area contributed by atoms with Crippen LogP contribution in [-0.2, 0) is 19.1 Å². The largest absolute Gasteiger partial charge is 0.426 e. The summed E-state index contributed by atoms with van der Waals surface area (Å²) in [4.78, 5) is 22.5. The van der Waals surface area contributed by atoms with E-state index in [0.29, 0.717) is 9.13 Å². The van der Waals surface area contributed by atoms with Crippen molar-refractivity contribution in [2.45, 2.75) is 33.0 Å². The predicted octanol–water partition coefficient (Wildman–Crippen LogP) is 2.99. The Labute approximate surface area is 124 Å². The zero-order valence-electron chi connectivity index (χ0n) is 10.8. The molecule has 0 N–H and O–H groups in total. The van der Waals surface area contributed by atoms with Gasteiger partial charge in [-0.3, -0.25) is 9.59 Å². The molecular formula is C13H14FIO4. The summed E-state index contributed by atoms with van der Waals surface area (Å²) in [5.74, 6) is -2.13. The molecule has 0 saturated heterocycles. The van der Waals surface area contributed by atoms with E-state index in [1.54, 1.807) is 19.1 Å². The van der Waals surface area contributed by atoms with Crippen LogP contribution in [0.1, 0.15) is 32.3 Å². The lowest BCUT2D eigenvalue weighted by Gasteiger charge is -2.16. The van der Waals surface area contributed by atoms with Crippen molar-refractivity contribution < 1.29 is 23.5 Å². The molecule has 0 saturated carbocycles. The summed E-state index contributed by atoms with van der Waals surface area (Å²) in [5.41, 5.74) is 0.512. The van der Waals surface area contributed by atoms with Crippen molar-refractivity contribution in [3.8, 4) is 0 Å². The Hall–Kier alpha value is -1.18. The Morgan fingerprint density at radius 1 is 1.26 bits per heavy atom. The van der Waals surface area contributed by atoms with Crippen LogP contribution < -0.4 is 0 Å². The van der Waals surface area contributed by atoms with Gasteiger partial charge in [-0.1, -0.05) is 6.07 Å². The predicted molar refractivity (Wildman–Crippen MR) is 74.9 cm³/mol. The van der Waals surface area contributed by atoms with Gasteiger partial charge in [0.05, 0.1) is 5.92 Å². The van der Waals surface area contributed by atoms with Gasteiger partial charge in [-0.2, -0.15) is 0 Å². The smallest absolute Gasteiger partial charge is 0.316 e. The molecule has 2 unspecified atom stereocenters. The first-order valence-corrected chi connectivity index (χ1v) is 6.71. The molecule has 0 radical (unpaired) electrons. The number of hydrogen-bond acceptors (Lipinski definition) is 4. The number of esters is 2. The molecular weight excluding hydrogens is 366 g/mol. The maximum Gasteiger partial charge on any atom is 0.316 e. The molecule has 104 valence electrons. The van der Waals surface area contributed by atoms with Gasteiger partial charge in [0.1, 0.15) is 5.82 Å². The molecule has 0 aliphatic rings. The van der Waals surface area contributed by atoms with Crippen LogP contribution in [0.15, 0.2) is 18.2 Å². The molecule has 1 aromatic carbocycles. The number of benzene rings is 1. The molecule has 0 fully saturated rings. The Bertz CT molecular complexity index is 490. The van der Waals surface area contributed by atoms with E-state index in [2.05, 4.69) is 0 Å². The fourth-order valence-corrected chi connectivity index (χ4v) is 1.78. The van der Waals surface area contributed by atoms with E-state index >= 15 is 0 Å². The number of ether oxygens (including phenoxy) is 2. The van der Waals surface area contributed by atoms with Crippen molar-refractivity contribution in [1.82, 2.24) is 0 Å². The molecule has 6 heteroatoms. The zero-order valence-corrected chi connectivity index (χ0v) is 12.9. The highest BCUT2D eigenvalue weighted by atomic mass is 127. The van der Waals surface area contributed by atoms with Crippen LogP contribution in [0.25, 0.3) is 0 Å². The summed E-state index contributed by atoms with van der Waals surface area (Å²) in [7, 11) is 0. The molecule has 4 nitrogen and oxygen atoms in total. The van der Waals surface area contributed by atoms with Crippen LogP contribution in [0.3, 0.4) is 0 Å². The van der Waals surface area contributed by atoms with Gasteiger partial charge in [0.2, 0.25) is 6.29 Å². The zero-order chi connectivity index (χ0) is 14.6. The number of rotatable bonds is 4. The molecule has 19 heavy (non-hydrogen) atoms. The highest BCUT2D eigenvalue weighted by Gasteiger charge is 2.21. The minimum atomic E-state index is -0.957. The summed E-state index contributed by atoms with van der Waals surface area (Å²) in [6.45, 7) is 4.27. The highest BCUT2D eigenvalue weighted by Crippen LogP contribution is 2.21. The molecule has 0 bridgehead atoms. The number of carbonyl (C=O) groups excluding carboxylic acids is 2. The monoisotopic (exact) mass is 380 g/mol. The molecule has 0 amide bonds. The lowest BCUT2D eigenvalue weighted by Crippen LogP contribution is -2.23. The standard InChI is InChI=1S/C13H14FIO4/c1-7(10-4-5-12(15)11(14)6-10)13(17)19-9(3)18-8(2)16/h4-7,9H,1-3H3. The molecule has 0 heterocycles. The fraction of sp³-hybridized carbons (Fsp3) is 0.385. The van der Waals surface area contributed by atoms with Crippen LogP contribution >= 0.6 is 22.6 Å². The second-order valence-electron chi connectivity index (χ2n) is 4.01. The Morgan fingerprint density at radius 3 is 2.42 bits per heavy atom. The van der Waals surface area contributed by atoms with Crippen molar-refractivity contribution in [2.75, 3.05) is 0 Å². The van der Waals surface area contributed by atoms with Gasteiger partial charge in [-0.25, -0.2) is 4.39 Å². The average molecular weight is 380 g/mol. The molecule has 0 spiro atoms. The number of hydrogen-bond donors (Lipinski definition) is 0. The molecule has 0 aliphatic heterocycles. The molecule has 2 atom stereocenters. The van der Waals surface area contributed by atoms with Crippen molar-refractivity contribution in [3.05, 3.63) is 33.1 Å². The number of carbonyl (C=O) groups is 2. The number of halogens is 2. The highest BCUT2D eigenvalue weighted by molar-refractivity contribution is 14.1. The second-order valence-corrected chi connectivity index (χ2v) is 5.17. The van der Waals surface area contributed by atoms with Gasteiger partial charge >= 0.3 is 11.9 Å². The van der Waals surface area contributed by atoms with Crippen molar-refractivity contribution in [3.63, 3.8) is 0 Å². The quantitative estimate of drug-likeness (QED) is 0.458. The third-order valence-electron chi connectivity index (χ3n) is 2.41. The normalized spacial score (nSPS) is 13.5. The molecule has 0 aromatic heterocycles. The van der Waals surface area contributed by atoms with Crippen molar-refractivity contribution in [2.24, 2.45) is 0 Å². The van der Waals surface area contributed by atoms with Crippen LogP contribution in [-0.4, -0.2) is 18.2 Å². The third-order valence-corrected chi connectivity index (χ3v) is 3.29. The van der Waals surface area contributed by atoms with Crippen molar-refractivity contribution in [1.29, 1.82) is 0 Å². The van der Waals surface area contributed by atoms with Crippen LogP contribution in [0.4, 0.5) is 4.39 Å². The fourth-order valence-electron chi connectivity index (χ4n) is 1.44. The van der Waals surface area contributed by atoms with Crippen LogP contribution in [0.2, 0.25) is 0 Å². The van der Waals surface area contributed by atoms with Gasteiger partial charge in [-0.15, -0.1) is 0 Å². The molecule has 0 aliphatic carbocycles. The average Bonchev–Trinajstić information content (AvgIpc) is 2.30. The van der Waals surface area contributed by atoms with Crippen molar-refractivity contribution >= 4 is 34.5 Å². The van der Waals surface area contributed by atoms with Gasteiger partial charge in [0.15, 0.2) is 0 Å². The van der Waals surface area contributed by atoms with Gasteiger partial charge in [0.25, 0.3) is 0 Å². The van der Waals surface area contributed by atoms with E-state index in [1.807, 2.05) is 22.6 Å². The Morgan fingerprint density at radius 2 is 1.89 bits per heavy atom. The first-order valence-electron chi connectivity index (χ1n) is 5.64. The first-order chi connectivity index (χ1) is 8.81. The van der Waals surface area contributed by atoms with Gasteiger partial charge in [0, 0.05) is 17.4 Å². The van der Waals surface area contributed by atoms with Gasteiger partial charge in [-0.05, 0) is 47.2 Å². The second kappa shape index (κ2) is 6.83. The summed E-state index contributed by atoms with van der Waals surface area (Å²) in [6.07, 6.45) is -0.957. The van der Waals surface area contributed by atoms with E-state index in [0.717, 1.165) is 0 Å². The topological polar surface area (TPSA) is 52.6 Å². The van der Waals surface area contributed by atoms with E-state index < -0.39 is 24.1 Å². The lowest BCUT2D eigenvalue weighted by molar-refractivity contribution is -0.183. The summed E-state index contributed by atoms with van der Waals surface area (Å²) >= 11 is 1.87. The van der Waals surface area contributed by atoms with Crippen LogP contribution in [0, 0.1) is 9.39 Å². The summed E-state index contributed by atoms with van der Waals surface area (Å²) < 4.78 is 23.5. The van der Waals surface area contributed by atoms with E-state index in [9.17, 15) is 14.0 Å². The summed E-state index contributed by atoms with van der Waals surface area (Å²) in [6, 6.07) is 4.54. The van der Waals surface area contributed by atoms with E-state index in [1.165, 1.54) is 19.9 Å². The maximum absolute atomic E-state index is 13.4. The van der Waals surface area contributed by atoms with E-state index in [4.69, 9.17) is 9.47 Å². The molecule has 1 aromatic rings. The van der Waals surface area contributed by atoms with Gasteiger partial charge < -0.3 is 9.47 Å². The van der Waals surface area contributed by atoms with E-state index in [-0.39, 0.29) is 5.82 Å². The maximum atomic E-state index is 13.4. The minimum Gasteiger partial charge on any atom is -0.426 e. The Kier molecular flexibility index (Phi) is 5.71. The SMILES string of the molecule is CC(=O)OC(C)OC(=O)C(C)c1ccc(I)c(F)c1. The summed E-state index contributed by atoms with van der Waals surface area (Å²) in [5, 5.41) is 0. The van der Waals surface area contributed by atoms with Crippen LogP contribution in [0.5, 0.6) is 0 Å². The minimum absolute atomic E-state index is 0.384. The first kappa shape index (κ1) is 15.9. The lowest BCUT2D eigenvalue weighted by atomic mass is 10.0. The molecule has 1 rings (SSSR count).